The number of piperazine rings is 1. The van der Waals surface area contributed by atoms with E-state index in [-0.39, 0.29) is 30.6 Å². The van der Waals surface area contributed by atoms with Crippen molar-refractivity contribution in [2.75, 3.05) is 32.7 Å². The quantitative estimate of drug-likeness (QED) is 0.241. The van der Waals surface area contributed by atoms with Crippen LogP contribution >= 0.6 is 0 Å². The van der Waals surface area contributed by atoms with E-state index in [0.29, 0.717) is 12.1 Å². The lowest BCUT2D eigenvalue weighted by Gasteiger charge is -2.44. The van der Waals surface area contributed by atoms with Crippen molar-refractivity contribution in [2.24, 2.45) is 5.92 Å². The van der Waals surface area contributed by atoms with Gasteiger partial charge in [-0.25, -0.2) is 0 Å². The molecule has 2 N–H and O–H groups in total. The first-order valence-corrected chi connectivity index (χ1v) is 16.0. The molecule has 2 fully saturated rings. The first-order valence-electron chi connectivity index (χ1n) is 16.0. The normalized spacial score (nSPS) is 22.6. The Morgan fingerprint density at radius 2 is 1.33 bits per heavy atom. The molecule has 0 bridgehead atoms. The van der Waals surface area contributed by atoms with Gasteiger partial charge in [0.1, 0.15) is 0 Å². The summed E-state index contributed by atoms with van der Waals surface area (Å²) in [6.07, 6.45) is -0.677. The number of aliphatic hydroxyl groups is 1. The number of amides is 1. The van der Waals surface area contributed by atoms with Crippen LogP contribution in [0.25, 0.3) is 0 Å². The molecule has 4 atom stereocenters. The average molecular weight is 606 g/mol. The van der Waals surface area contributed by atoms with E-state index in [0.717, 1.165) is 61.5 Å². The number of nitrogens with one attached hydrogen (secondary N) is 1. The number of benzene rings is 4. The predicted molar refractivity (Wildman–Crippen MR) is 175 cm³/mol. The highest BCUT2D eigenvalue weighted by atomic mass is 16.7. The van der Waals surface area contributed by atoms with Gasteiger partial charge < -0.3 is 19.9 Å². The second-order valence-electron chi connectivity index (χ2n) is 12.2. The topological polar surface area (TPSA) is 74.3 Å². The summed E-state index contributed by atoms with van der Waals surface area (Å²) in [5.74, 6) is 0.0439. The van der Waals surface area contributed by atoms with Crippen LogP contribution in [0.15, 0.2) is 109 Å². The van der Waals surface area contributed by atoms with Gasteiger partial charge in [-0.05, 0) is 34.4 Å². The summed E-state index contributed by atoms with van der Waals surface area (Å²) in [6, 6.07) is 36.1. The molecule has 0 spiro atoms. The summed E-state index contributed by atoms with van der Waals surface area (Å²) in [6.45, 7) is 8.58. The molecule has 1 amide bonds. The van der Waals surface area contributed by atoms with Crippen molar-refractivity contribution >= 4 is 5.91 Å². The summed E-state index contributed by atoms with van der Waals surface area (Å²) in [5.41, 5.74) is 5.94. The van der Waals surface area contributed by atoms with Crippen LogP contribution in [-0.2, 0) is 29.2 Å². The van der Waals surface area contributed by atoms with Crippen molar-refractivity contribution < 1.29 is 19.4 Å². The van der Waals surface area contributed by atoms with E-state index in [1.165, 1.54) is 5.56 Å². The number of hydrogen-bond acceptors (Lipinski definition) is 6. The number of carbonyl (C=O) groups is 1. The van der Waals surface area contributed by atoms with Crippen LogP contribution in [0.3, 0.4) is 0 Å². The Bertz CT molecular complexity index is 1490. The first kappa shape index (κ1) is 31.1. The van der Waals surface area contributed by atoms with Crippen molar-refractivity contribution in [3.05, 3.63) is 143 Å². The fraction of sp³-hybridized carbons (Fsp3) is 0.342. The molecule has 0 aliphatic carbocycles. The van der Waals surface area contributed by atoms with Gasteiger partial charge in [0.05, 0.1) is 18.8 Å². The third-order valence-electron chi connectivity index (χ3n) is 9.02. The Kier molecular flexibility index (Phi) is 10.4. The molecule has 2 saturated heterocycles. The zero-order chi connectivity index (χ0) is 31.0. The van der Waals surface area contributed by atoms with Crippen LogP contribution < -0.4 is 5.32 Å². The number of ether oxygens (including phenoxy) is 2. The predicted octanol–water partition coefficient (Wildman–Crippen LogP) is 5.72. The van der Waals surface area contributed by atoms with Crippen LogP contribution in [0.1, 0.15) is 57.5 Å². The lowest BCUT2D eigenvalue weighted by Crippen LogP contribution is -2.51. The van der Waals surface area contributed by atoms with Crippen molar-refractivity contribution in [3.63, 3.8) is 0 Å². The fourth-order valence-corrected chi connectivity index (χ4v) is 6.22. The van der Waals surface area contributed by atoms with E-state index in [9.17, 15) is 9.90 Å². The highest BCUT2D eigenvalue weighted by Crippen LogP contribution is 2.42. The maximum Gasteiger partial charge on any atom is 0.251 e. The maximum atomic E-state index is 12.5. The third-order valence-corrected chi connectivity index (χ3v) is 9.02. The number of aliphatic hydroxyl groups excluding tert-OH is 1. The Morgan fingerprint density at radius 3 is 2.00 bits per heavy atom. The SMILES string of the molecule is CC1C(CN2CCN(Cc3ccccc3)CC2)OC(c2ccc(CNC(=O)c3ccccc3)cc2)OC1c1ccc(CO)cc1. The molecular formula is C38H43N3O4. The minimum absolute atomic E-state index is 0.0169. The molecule has 0 saturated carbocycles. The minimum Gasteiger partial charge on any atom is -0.392 e. The summed E-state index contributed by atoms with van der Waals surface area (Å²) >= 11 is 0. The first-order chi connectivity index (χ1) is 22.1. The minimum atomic E-state index is -0.513. The van der Waals surface area contributed by atoms with Crippen molar-refractivity contribution in [1.82, 2.24) is 15.1 Å². The Labute approximate surface area is 266 Å². The molecule has 7 nitrogen and oxygen atoms in total. The summed E-state index contributed by atoms with van der Waals surface area (Å²) < 4.78 is 13.4. The van der Waals surface area contributed by atoms with E-state index in [2.05, 4.69) is 64.5 Å². The van der Waals surface area contributed by atoms with Crippen LogP contribution in [0.2, 0.25) is 0 Å². The molecule has 2 aliphatic heterocycles. The Balaban J connectivity index is 1.12. The molecule has 4 unspecified atom stereocenters. The van der Waals surface area contributed by atoms with Crippen molar-refractivity contribution in [2.45, 2.75) is 45.1 Å². The lowest BCUT2D eigenvalue weighted by molar-refractivity contribution is -0.276. The van der Waals surface area contributed by atoms with E-state index >= 15 is 0 Å². The molecule has 4 aromatic rings. The Hall–Kier alpha value is -3.85. The van der Waals surface area contributed by atoms with E-state index in [1.807, 2.05) is 66.7 Å². The van der Waals surface area contributed by atoms with Crippen LogP contribution in [0.4, 0.5) is 0 Å². The monoisotopic (exact) mass is 605 g/mol. The van der Waals surface area contributed by atoms with Gasteiger partial charge in [-0.2, -0.15) is 0 Å². The zero-order valence-corrected chi connectivity index (χ0v) is 25.9. The van der Waals surface area contributed by atoms with Gasteiger partial charge in [0.2, 0.25) is 0 Å². The van der Waals surface area contributed by atoms with Crippen molar-refractivity contribution in [3.8, 4) is 0 Å². The molecule has 2 heterocycles. The highest BCUT2D eigenvalue weighted by molar-refractivity contribution is 5.94. The van der Waals surface area contributed by atoms with Gasteiger partial charge in [0.15, 0.2) is 6.29 Å². The summed E-state index contributed by atoms with van der Waals surface area (Å²) in [7, 11) is 0. The van der Waals surface area contributed by atoms with Crippen LogP contribution in [0, 0.1) is 5.92 Å². The molecule has 7 heteroatoms. The van der Waals surface area contributed by atoms with E-state index in [1.54, 1.807) is 0 Å². The van der Waals surface area contributed by atoms with Crippen LogP contribution in [0.5, 0.6) is 0 Å². The van der Waals surface area contributed by atoms with Crippen LogP contribution in [-0.4, -0.2) is 59.6 Å². The summed E-state index contributed by atoms with van der Waals surface area (Å²) in [5, 5.41) is 12.6. The Morgan fingerprint density at radius 1 is 0.733 bits per heavy atom. The number of carbonyl (C=O) groups excluding carboxylic acids is 1. The van der Waals surface area contributed by atoms with Gasteiger partial charge in [0.25, 0.3) is 5.91 Å². The number of nitrogens with zero attached hydrogens (tertiary/aromatic N) is 2. The standard InChI is InChI=1S/C38H43N3O4/c1-28-35(26-41-22-20-40(21-23-41)25-30-8-4-2-5-9-30)44-38(45-36(28)32-16-14-31(27-42)15-17-32)34-18-12-29(13-19-34)24-39-37(43)33-10-6-3-7-11-33/h2-19,28,35-36,38,42H,20-27H2,1H3,(H,39,43). The lowest BCUT2D eigenvalue weighted by atomic mass is 9.90. The average Bonchev–Trinajstić information content (AvgIpc) is 3.10. The van der Waals surface area contributed by atoms with Crippen molar-refractivity contribution in [1.29, 1.82) is 0 Å². The second kappa shape index (κ2) is 15.0. The smallest absolute Gasteiger partial charge is 0.251 e. The molecule has 2 aliphatic rings. The van der Waals surface area contributed by atoms with E-state index < -0.39 is 6.29 Å². The van der Waals surface area contributed by atoms with E-state index in [4.69, 9.17) is 9.47 Å². The van der Waals surface area contributed by atoms with Gasteiger partial charge in [0, 0.05) is 62.9 Å². The van der Waals surface area contributed by atoms with Gasteiger partial charge in [-0.3, -0.25) is 14.6 Å². The maximum absolute atomic E-state index is 12.5. The highest BCUT2D eigenvalue weighted by Gasteiger charge is 2.39. The molecule has 0 radical (unpaired) electrons. The molecule has 234 valence electrons. The van der Waals surface area contributed by atoms with Gasteiger partial charge >= 0.3 is 0 Å². The fourth-order valence-electron chi connectivity index (χ4n) is 6.22. The third kappa shape index (κ3) is 8.06. The second-order valence-corrected chi connectivity index (χ2v) is 12.2. The summed E-state index contributed by atoms with van der Waals surface area (Å²) in [4.78, 5) is 17.6. The largest absolute Gasteiger partial charge is 0.392 e. The number of hydrogen-bond donors (Lipinski definition) is 2. The molecule has 45 heavy (non-hydrogen) atoms. The number of rotatable bonds is 10. The van der Waals surface area contributed by atoms with Gasteiger partial charge in [-0.15, -0.1) is 0 Å². The molecule has 0 aromatic heterocycles. The molecule has 6 rings (SSSR count). The van der Waals surface area contributed by atoms with Gasteiger partial charge in [-0.1, -0.05) is 104 Å². The molecular weight excluding hydrogens is 562 g/mol. The molecule has 4 aromatic carbocycles. The zero-order valence-electron chi connectivity index (χ0n) is 25.9.